The van der Waals surface area contributed by atoms with Crippen LogP contribution in [0.3, 0.4) is 0 Å². The fraction of sp³-hybridized carbons (Fsp3) is 0.636. The molecule has 0 bridgehead atoms. The van der Waals surface area contributed by atoms with Crippen LogP contribution in [0.5, 0.6) is 0 Å². The van der Waals surface area contributed by atoms with Crippen molar-refractivity contribution < 1.29 is 0 Å². The molecule has 0 aromatic carbocycles. The van der Waals surface area contributed by atoms with E-state index in [1.54, 1.807) is 0 Å². The number of nitrogens with zero attached hydrogens (tertiary/aromatic N) is 4. The summed E-state index contributed by atoms with van der Waals surface area (Å²) in [6.45, 7) is 1.93. The molecule has 78 valence electrons. The predicted molar refractivity (Wildman–Crippen MR) is 55.3 cm³/mol. The molecule has 4 heteroatoms. The maximum absolute atomic E-state index is 9.18. The summed E-state index contributed by atoms with van der Waals surface area (Å²) in [7, 11) is 2.10. The molecule has 1 aromatic rings. The minimum Gasteiger partial charge on any atom is -0.300 e. The highest BCUT2D eigenvalue weighted by molar-refractivity contribution is 5.37. The van der Waals surface area contributed by atoms with Crippen LogP contribution in [0.15, 0.2) is 0 Å². The maximum atomic E-state index is 9.18. The van der Waals surface area contributed by atoms with Crippen molar-refractivity contribution in [2.24, 2.45) is 0 Å². The zero-order valence-corrected chi connectivity index (χ0v) is 8.90. The first-order valence-electron chi connectivity index (χ1n) is 5.48. The van der Waals surface area contributed by atoms with Crippen molar-refractivity contribution in [1.82, 2.24) is 14.7 Å². The van der Waals surface area contributed by atoms with Crippen molar-refractivity contribution in [3.8, 4) is 6.07 Å². The van der Waals surface area contributed by atoms with Gasteiger partial charge in [-0.2, -0.15) is 10.4 Å². The highest BCUT2D eigenvalue weighted by Crippen LogP contribution is 2.37. The van der Waals surface area contributed by atoms with Gasteiger partial charge in [-0.05, 0) is 26.3 Å². The van der Waals surface area contributed by atoms with E-state index in [9.17, 15) is 5.26 Å². The summed E-state index contributed by atoms with van der Waals surface area (Å²) in [4.78, 5) is 2.26. The summed E-state index contributed by atoms with van der Waals surface area (Å²) in [5, 5.41) is 13.8. The molecule has 1 saturated carbocycles. The van der Waals surface area contributed by atoms with Gasteiger partial charge in [0, 0.05) is 18.7 Å². The van der Waals surface area contributed by atoms with E-state index < -0.39 is 0 Å². The van der Waals surface area contributed by atoms with Crippen molar-refractivity contribution in [2.75, 3.05) is 13.6 Å². The van der Waals surface area contributed by atoms with Crippen LogP contribution in [0.2, 0.25) is 0 Å². The van der Waals surface area contributed by atoms with Crippen molar-refractivity contribution in [1.29, 1.82) is 5.26 Å². The molecule has 0 N–H and O–H groups in total. The van der Waals surface area contributed by atoms with Gasteiger partial charge < -0.3 is 4.90 Å². The number of nitriles is 1. The normalized spacial score (nSPS) is 21.1. The third kappa shape index (κ3) is 1.35. The molecular formula is C11H14N4. The van der Waals surface area contributed by atoms with Crippen LogP contribution in [0.4, 0.5) is 0 Å². The lowest BCUT2D eigenvalue weighted by molar-refractivity contribution is 0.308. The molecule has 2 heterocycles. The van der Waals surface area contributed by atoms with Gasteiger partial charge in [0.1, 0.15) is 11.8 Å². The number of likely N-dealkylation sites (N-methyl/N-ethyl adjacent to an activating group) is 1. The molecule has 4 nitrogen and oxygen atoms in total. The Kier molecular flexibility index (Phi) is 1.83. The third-order valence-corrected chi connectivity index (χ3v) is 3.25. The second-order valence-corrected chi connectivity index (χ2v) is 4.55. The molecule has 2 aliphatic rings. The zero-order chi connectivity index (χ0) is 10.4. The first-order chi connectivity index (χ1) is 7.29. The van der Waals surface area contributed by atoms with Gasteiger partial charge in [-0.25, -0.2) is 0 Å². The van der Waals surface area contributed by atoms with Gasteiger partial charge in [-0.15, -0.1) is 0 Å². The molecule has 15 heavy (non-hydrogen) atoms. The van der Waals surface area contributed by atoms with Crippen LogP contribution < -0.4 is 0 Å². The number of hydrogen-bond donors (Lipinski definition) is 0. The highest BCUT2D eigenvalue weighted by atomic mass is 15.3. The van der Waals surface area contributed by atoms with Gasteiger partial charge in [0.2, 0.25) is 0 Å². The largest absolute Gasteiger partial charge is 0.300 e. The number of aromatic nitrogens is 2. The van der Waals surface area contributed by atoms with E-state index in [0.717, 1.165) is 30.9 Å². The molecule has 1 aromatic heterocycles. The minimum absolute atomic E-state index is 0.510. The van der Waals surface area contributed by atoms with Crippen LogP contribution in [-0.2, 0) is 13.0 Å². The van der Waals surface area contributed by atoms with Gasteiger partial charge in [0.25, 0.3) is 0 Å². The first kappa shape index (κ1) is 8.93. The Morgan fingerprint density at radius 2 is 2.27 bits per heavy atom. The fourth-order valence-corrected chi connectivity index (χ4v) is 2.24. The van der Waals surface area contributed by atoms with Gasteiger partial charge in [0.15, 0.2) is 0 Å². The van der Waals surface area contributed by atoms with Gasteiger partial charge in [-0.1, -0.05) is 0 Å². The molecule has 1 aliphatic heterocycles. The van der Waals surface area contributed by atoms with Gasteiger partial charge in [-0.3, -0.25) is 4.68 Å². The van der Waals surface area contributed by atoms with Crippen LogP contribution in [0.1, 0.15) is 35.8 Å². The first-order valence-corrected chi connectivity index (χ1v) is 5.48. The summed E-state index contributed by atoms with van der Waals surface area (Å²) in [5.41, 5.74) is 3.13. The Labute approximate surface area is 89.1 Å². The Bertz CT molecular complexity index is 436. The standard InChI is InChI=1S/C11H14N4/c1-14-5-4-9-10(7-14)13-15(8-2-3-8)11(9)6-12/h8H,2-5,7H2,1H3. The SMILES string of the molecule is CN1CCc2c(nn(C3CC3)c2C#N)C1. The summed E-state index contributed by atoms with van der Waals surface area (Å²) < 4.78 is 1.96. The Morgan fingerprint density at radius 1 is 1.47 bits per heavy atom. The third-order valence-electron chi connectivity index (χ3n) is 3.25. The fourth-order valence-electron chi connectivity index (χ4n) is 2.24. The predicted octanol–water partition coefficient (Wildman–Crippen LogP) is 1.08. The van der Waals surface area contributed by atoms with Crippen molar-refractivity contribution in [2.45, 2.75) is 31.8 Å². The van der Waals surface area contributed by atoms with E-state index in [1.165, 1.54) is 18.4 Å². The molecule has 1 aliphatic carbocycles. The van der Waals surface area contributed by atoms with Crippen molar-refractivity contribution >= 4 is 0 Å². The average molecular weight is 202 g/mol. The van der Waals surface area contributed by atoms with Crippen LogP contribution in [0.25, 0.3) is 0 Å². The van der Waals surface area contributed by atoms with Crippen molar-refractivity contribution in [3.63, 3.8) is 0 Å². The summed E-state index contributed by atoms with van der Waals surface area (Å²) in [6.07, 6.45) is 3.34. The smallest absolute Gasteiger partial charge is 0.142 e. The Balaban J connectivity index is 2.07. The van der Waals surface area contributed by atoms with E-state index in [2.05, 4.69) is 23.1 Å². The van der Waals surface area contributed by atoms with E-state index in [1.807, 2.05) is 4.68 Å². The zero-order valence-electron chi connectivity index (χ0n) is 8.90. The van der Waals surface area contributed by atoms with Gasteiger partial charge in [0.05, 0.1) is 11.7 Å². The highest BCUT2D eigenvalue weighted by Gasteiger charge is 2.31. The van der Waals surface area contributed by atoms with E-state index in [0.29, 0.717) is 6.04 Å². The molecule has 0 amide bonds. The second kappa shape index (κ2) is 3.07. The lowest BCUT2D eigenvalue weighted by Gasteiger charge is -2.20. The van der Waals surface area contributed by atoms with Crippen LogP contribution in [-0.4, -0.2) is 28.3 Å². The molecule has 1 fully saturated rings. The van der Waals surface area contributed by atoms with Gasteiger partial charge >= 0.3 is 0 Å². The topological polar surface area (TPSA) is 44.9 Å². The average Bonchev–Trinajstić information content (AvgIpc) is 2.99. The molecular weight excluding hydrogens is 188 g/mol. The molecule has 0 atom stereocenters. The summed E-state index contributed by atoms with van der Waals surface area (Å²) >= 11 is 0. The maximum Gasteiger partial charge on any atom is 0.142 e. The summed E-state index contributed by atoms with van der Waals surface area (Å²) in [6, 6.07) is 2.83. The lowest BCUT2D eigenvalue weighted by atomic mass is 10.1. The van der Waals surface area contributed by atoms with E-state index in [-0.39, 0.29) is 0 Å². The van der Waals surface area contributed by atoms with Crippen LogP contribution >= 0.6 is 0 Å². The number of hydrogen-bond acceptors (Lipinski definition) is 3. The second-order valence-electron chi connectivity index (χ2n) is 4.55. The number of fused-ring (bicyclic) bond motifs is 1. The molecule has 0 spiro atoms. The Morgan fingerprint density at radius 3 is 2.93 bits per heavy atom. The van der Waals surface area contributed by atoms with Crippen LogP contribution in [0, 0.1) is 11.3 Å². The molecule has 0 radical (unpaired) electrons. The minimum atomic E-state index is 0.510. The molecule has 0 unspecified atom stereocenters. The molecule has 3 rings (SSSR count). The monoisotopic (exact) mass is 202 g/mol. The lowest BCUT2D eigenvalue weighted by Crippen LogP contribution is -2.26. The Hall–Kier alpha value is -1.34. The number of rotatable bonds is 1. The van der Waals surface area contributed by atoms with E-state index in [4.69, 9.17) is 0 Å². The molecule has 0 saturated heterocycles. The summed E-state index contributed by atoms with van der Waals surface area (Å²) in [5.74, 6) is 0. The van der Waals surface area contributed by atoms with E-state index >= 15 is 0 Å². The quantitative estimate of drug-likeness (QED) is 0.684. The van der Waals surface area contributed by atoms with Crippen molar-refractivity contribution in [3.05, 3.63) is 17.0 Å².